The van der Waals surface area contributed by atoms with E-state index in [0.29, 0.717) is 5.52 Å². The predicted octanol–water partition coefficient (Wildman–Crippen LogP) is 1.02. The van der Waals surface area contributed by atoms with Gasteiger partial charge in [-0.05, 0) is 12.1 Å². The van der Waals surface area contributed by atoms with Gasteiger partial charge in [0.15, 0.2) is 5.82 Å². The van der Waals surface area contributed by atoms with Crippen molar-refractivity contribution in [3.8, 4) is 0 Å². The highest BCUT2D eigenvalue weighted by atomic mass is 32.1. The van der Waals surface area contributed by atoms with Crippen LogP contribution in [0.1, 0.15) is 0 Å². The molecule has 0 spiro atoms. The first kappa shape index (κ1) is 10.6. The lowest BCUT2D eigenvalue weighted by Gasteiger charge is -2.02. The fraction of sp³-hybridized carbons (Fsp3) is 0. The van der Waals surface area contributed by atoms with Crippen molar-refractivity contribution < 1.29 is 9.59 Å². The third-order valence-electron chi connectivity index (χ3n) is 1.88. The quantitative estimate of drug-likeness (QED) is 0.600. The number of carbonyl (C=O) groups is 2. The van der Waals surface area contributed by atoms with Crippen LogP contribution < -0.4 is 5.32 Å². The molecule has 0 saturated carbocycles. The van der Waals surface area contributed by atoms with Gasteiger partial charge in [-0.1, -0.05) is 24.8 Å². The van der Waals surface area contributed by atoms with Gasteiger partial charge in [-0.3, -0.25) is 14.6 Å². The normalized spacial score (nSPS) is 10.1. The van der Waals surface area contributed by atoms with Crippen molar-refractivity contribution in [2.75, 3.05) is 5.32 Å². The zero-order valence-corrected chi connectivity index (χ0v) is 8.94. The molecular weight excluding hydrogens is 226 g/mol. The van der Waals surface area contributed by atoms with Crippen LogP contribution in [0.3, 0.4) is 0 Å². The van der Waals surface area contributed by atoms with Crippen LogP contribution in [-0.4, -0.2) is 21.0 Å². The third-order valence-corrected chi connectivity index (χ3v) is 2.09. The molecule has 0 bridgehead atoms. The molecule has 5 nitrogen and oxygen atoms in total. The molecule has 1 aromatic carbocycles. The lowest BCUT2D eigenvalue weighted by molar-refractivity contribution is -0.129. The molecule has 2 rings (SSSR count). The molecule has 0 aliphatic heterocycles. The fourth-order valence-electron chi connectivity index (χ4n) is 1.19. The number of aromatic nitrogens is 2. The Morgan fingerprint density at radius 1 is 1.19 bits per heavy atom. The number of nitrogens with one attached hydrogen (secondary N) is 1. The van der Waals surface area contributed by atoms with Crippen LogP contribution in [0.25, 0.3) is 11.0 Å². The standard InChI is InChI=1S/C10H7N3O2S/c14-9(10(15)16)13-8-5-11-6-3-1-2-4-7(6)12-8/h1-5H,(H,15,16)(H,12,13,14). The topological polar surface area (TPSA) is 72.0 Å². The Labute approximate surface area is 96.3 Å². The van der Waals surface area contributed by atoms with E-state index in [-0.39, 0.29) is 5.82 Å². The Hall–Kier alpha value is -1.95. The number of amides is 1. The maximum absolute atomic E-state index is 11.0. The number of rotatable bonds is 2. The van der Waals surface area contributed by atoms with Gasteiger partial charge in [0, 0.05) is 0 Å². The van der Waals surface area contributed by atoms with Gasteiger partial charge < -0.3 is 5.32 Å². The minimum Gasteiger partial charge on any atom is -0.302 e. The van der Waals surface area contributed by atoms with Gasteiger partial charge in [-0.2, -0.15) is 0 Å². The van der Waals surface area contributed by atoms with Crippen LogP contribution in [0.5, 0.6) is 0 Å². The van der Waals surface area contributed by atoms with Gasteiger partial charge >= 0.3 is 5.91 Å². The molecule has 1 heterocycles. The van der Waals surface area contributed by atoms with E-state index < -0.39 is 11.0 Å². The third kappa shape index (κ3) is 2.17. The lowest BCUT2D eigenvalue weighted by atomic mass is 10.3. The molecule has 0 aliphatic rings. The number of fused-ring (bicyclic) bond motifs is 1. The van der Waals surface area contributed by atoms with Crippen LogP contribution >= 0.6 is 12.6 Å². The molecule has 0 fully saturated rings. The van der Waals surface area contributed by atoms with Gasteiger partial charge in [0.2, 0.25) is 0 Å². The minimum absolute atomic E-state index is 0.228. The van der Waals surface area contributed by atoms with E-state index in [9.17, 15) is 9.59 Å². The first-order valence-corrected chi connectivity index (χ1v) is 4.87. The van der Waals surface area contributed by atoms with Crippen molar-refractivity contribution in [1.29, 1.82) is 0 Å². The molecule has 6 heteroatoms. The Balaban J connectivity index is 2.33. The molecule has 1 amide bonds. The first-order valence-electron chi connectivity index (χ1n) is 4.43. The highest BCUT2D eigenvalue weighted by Crippen LogP contribution is 2.11. The van der Waals surface area contributed by atoms with E-state index >= 15 is 0 Å². The Morgan fingerprint density at radius 2 is 1.88 bits per heavy atom. The van der Waals surface area contributed by atoms with Crippen molar-refractivity contribution in [3.63, 3.8) is 0 Å². The number of anilines is 1. The van der Waals surface area contributed by atoms with Crippen LogP contribution in [-0.2, 0) is 9.59 Å². The minimum atomic E-state index is -0.866. The summed E-state index contributed by atoms with van der Waals surface area (Å²) in [7, 11) is 0. The van der Waals surface area contributed by atoms with E-state index in [1.165, 1.54) is 6.20 Å². The zero-order chi connectivity index (χ0) is 11.5. The van der Waals surface area contributed by atoms with E-state index in [1.54, 1.807) is 12.1 Å². The number of carbonyl (C=O) groups excluding carboxylic acids is 2. The van der Waals surface area contributed by atoms with E-state index in [0.717, 1.165) is 5.52 Å². The maximum Gasteiger partial charge on any atom is 0.303 e. The predicted molar refractivity (Wildman–Crippen MR) is 62.2 cm³/mol. The monoisotopic (exact) mass is 233 g/mol. The fourth-order valence-corrected chi connectivity index (χ4v) is 1.24. The van der Waals surface area contributed by atoms with Crippen molar-refractivity contribution in [2.45, 2.75) is 0 Å². The number of nitrogens with zero attached hydrogens (tertiary/aromatic N) is 2. The molecule has 0 aliphatic carbocycles. The largest absolute Gasteiger partial charge is 0.303 e. The Morgan fingerprint density at radius 3 is 2.56 bits per heavy atom. The highest BCUT2D eigenvalue weighted by molar-refractivity contribution is 7.98. The molecule has 0 radical (unpaired) electrons. The van der Waals surface area contributed by atoms with E-state index in [2.05, 4.69) is 27.9 Å². The smallest absolute Gasteiger partial charge is 0.302 e. The van der Waals surface area contributed by atoms with Crippen LogP contribution in [0, 0.1) is 0 Å². The number of benzene rings is 1. The molecule has 0 unspecified atom stereocenters. The van der Waals surface area contributed by atoms with Gasteiger partial charge in [-0.15, -0.1) is 0 Å². The lowest BCUT2D eigenvalue weighted by Crippen LogP contribution is -2.18. The van der Waals surface area contributed by atoms with Gasteiger partial charge in [-0.25, -0.2) is 4.98 Å². The van der Waals surface area contributed by atoms with Crippen molar-refractivity contribution in [3.05, 3.63) is 30.5 Å². The second-order valence-corrected chi connectivity index (χ2v) is 3.41. The summed E-state index contributed by atoms with van der Waals surface area (Å²) in [4.78, 5) is 29.9. The highest BCUT2D eigenvalue weighted by Gasteiger charge is 2.09. The number of hydrogen-bond acceptors (Lipinski definition) is 4. The summed E-state index contributed by atoms with van der Waals surface area (Å²) in [6, 6.07) is 7.22. The van der Waals surface area contributed by atoms with E-state index in [1.807, 2.05) is 12.1 Å². The first-order chi connectivity index (χ1) is 7.66. The van der Waals surface area contributed by atoms with Gasteiger partial charge in [0.1, 0.15) is 0 Å². The molecular formula is C10H7N3O2S. The molecule has 1 N–H and O–H groups in total. The van der Waals surface area contributed by atoms with Crippen LogP contribution in [0.2, 0.25) is 0 Å². The molecule has 0 atom stereocenters. The summed E-state index contributed by atoms with van der Waals surface area (Å²) in [5, 5.41) is 1.43. The summed E-state index contributed by atoms with van der Waals surface area (Å²) < 4.78 is 0. The average Bonchev–Trinajstić information content (AvgIpc) is 2.28. The van der Waals surface area contributed by atoms with Crippen molar-refractivity contribution in [1.82, 2.24) is 9.97 Å². The summed E-state index contributed by atoms with van der Waals surface area (Å²) in [5.41, 5.74) is 1.37. The molecule has 0 saturated heterocycles. The molecule has 2 aromatic rings. The number of thiol groups is 1. The SMILES string of the molecule is O=C(S)C(=O)Nc1cnc2ccccc2n1. The maximum atomic E-state index is 11.0. The average molecular weight is 233 g/mol. The molecule has 1 aromatic heterocycles. The summed E-state index contributed by atoms with van der Waals surface area (Å²) in [6.45, 7) is 0. The Bertz CT molecular complexity index is 571. The van der Waals surface area contributed by atoms with E-state index in [4.69, 9.17) is 0 Å². The molecule has 80 valence electrons. The summed E-state index contributed by atoms with van der Waals surface area (Å²) >= 11 is 3.40. The van der Waals surface area contributed by atoms with Crippen molar-refractivity contribution >= 4 is 40.5 Å². The number of para-hydroxylation sites is 2. The van der Waals surface area contributed by atoms with Gasteiger partial charge in [0.05, 0.1) is 17.2 Å². The van der Waals surface area contributed by atoms with Crippen LogP contribution in [0.4, 0.5) is 5.82 Å². The van der Waals surface area contributed by atoms with Gasteiger partial charge in [0.25, 0.3) is 5.12 Å². The van der Waals surface area contributed by atoms with Crippen molar-refractivity contribution in [2.24, 2.45) is 0 Å². The molecule has 16 heavy (non-hydrogen) atoms. The number of hydrogen-bond donors (Lipinski definition) is 2. The zero-order valence-electron chi connectivity index (χ0n) is 8.04. The summed E-state index contributed by atoms with van der Waals surface area (Å²) in [6.07, 6.45) is 1.39. The summed E-state index contributed by atoms with van der Waals surface area (Å²) in [5.74, 6) is -0.598. The second kappa shape index (κ2) is 4.28. The second-order valence-electron chi connectivity index (χ2n) is 3.00. The Kier molecular flexibility index (Phi) is 2.82. The van der Waals surface area contributed by atoms with Crippen LogP contribution in [0.15, 0.2) is 30.5 Å².